The zero-order valence-corrected chi connectivity index (χ0v) is 11.5. The monoisotopic (exact) mass is 273 g/mol. The summed E-state index contributed by atoms with van der Waals surface area (Å²) in [4.78, 5) is 32.0. The molecule has 7 heteroatoms. The molecule has 1 atom stereocenters. The lowest BCUT2D eigenvalue weighted by Gasteiger charge is -2.44. The third kappa shape index (κ3) is 1.52. The highest BCUT2D eigenvalue weighted by Crippen LogP contribution is 2.34. The van der Waals surface area contributed by atoms with E-state index in [0.717, 1.165) is 5.69 Å². The molecule has 7 nitrogen and oxygen atoms in total. The summed E-state index contributed by atoms with van der Waals surface area (Å²) < 4.78 is 0. The smallest absolute Gasteiger partial charge is 0.261 e. The van der Waals surface area contributed by atoms with Crippen molar-refractivity contribution in [2.45, 2.75) is 20.1 Å². The Kier molecular flexibility index (Phi) is 2.53. The fraction of sp³-hybridized carbons (Fsp3) is 0.385. The molecule has 0 bridgehead atoms. The van der Waals surface area contributed by atoms with E-state index in [1.165, 1.54) is 9.91 Å². The van der Waals surface area contributed by atoms with E-state index in [9.17, 15) is 9.59 Å². The van der Waals surface area contributed by atoms with E-state index in [1.807, 2.05) is 0 Å². The first kappa shape index (κ1) is 12.6. The van der Waals surface area contributed by atoms with Crippen molar-refractivity contribution in [3.05, 3.63) is 24.5 Å². The molecule has 0 radical (unpaired) electrons. The molecule has 0 saturated carbocycles. The molecule has 1 saturated heterocycles. The Hall–Kier alpha value is -2.44. The minimum absolute atomic E-state index is 0.215. The third-order valence-corrected chi connectivity index (χ3v) is 3.67. The summed E-state index contributed by atoms with van der Waals surface area (Å²) in [6.07, 6.45) is 4.32. The maximum absolute atomic E-state index is 12.4. The number of nitrogens with zero attached hydrogens (tertiary/aromatic N) is 5. The standard InChI is InChI=1S/C13H15N5O2/c1-13(2)10(19)16(3)12-17(8-15-18(12)11(13)20)9-4-6-14-7-5-9/h4-8,12H,1-3H3. The molecule has 1 aromatic rings. The summed E-state index contributed by atoms with van der Waals surface area (Å²) in [5.74, 6) is -0.508. The van der Waals surface area contributed by atoms with Crippen molar-refractivity contribution in [1.29, 1.82) is 0 Å². The van der Waals surface area contributed by atoms with E-state index in [4.69, 9.17) is 0 Å². The second-order valence-corrected chi connectivity index (χ2v) is 5.38. The van der Waals surface area contributed by atoms with Gasteiger partial charge >= 0.3 is 0 Å². The second kappa shape index (κ2) is 4.03. The van der Waals surface area contributed by atoms with Gasteiger partial charge in [0.15, 0.2) is 0 Å². The summed E-state index contributed by atoms with van der Waals surface area (Å²) >= 11 is 0. The maximum Gasteiger partial charge on any atom is 0.261 e. The lowest BCUT2D eigenvalue weighted by atomic mass is 9.88. The van der Waals surface area contributed by atoms with Gasteiger partial charge in [0.25, 0.3) is 5.91 Å². The molecule has 2 amide bonds. The van der Waals surface area contributed by atoms with E-state index in [1.54, 1.807) is 56.7 Å². The van der Waals surface area contributed by atoms with Gasteiger partial charge in [0.2, 0.25) is 12.2 Å². The molecule has 104 valence electrons. The Balaban J connectivity index is 2.01. The van der Waals surface area contributed by atoms with Crippen molar-refractivity contribution in [2.75, 3.05) is 11.9 Å². The molecule has 0 N–H and O–H groups in total. The first-order chi connectivity index (χ1) is 9.44. The lowest BCUT2D eigenvalue weighted by molar-refractivity contribution is -0.169. The highest BCUT2D eigenvalue weighted by atomic mass is 16.2. The molecule has 1 aromatic heterocycles. The van der Waals surface area contributed by atoms with Gasteiger partial charge in [-0.2, -0.15) is 10.1 Å². The van der Waals surface area contributed by atoms with Crippen molar-refractivity contribution in [1.82, 2.24) is 14.9 Å². The average Bonchev–Trinajstić information content (AvgIpc) is 2.89. The molecule has 3 rings (SSSR count). The van der Waals surface area contributed by atoms with E-state index < -0.39 is 11.7 Å². The van der Waals surface area contributed by atoms with Gasteiger partial charge in [-0.25, -0.2) is 0 Å². The van der Waals surface area contributed by atoms with Gasteiger partial charge in [0.1, 0.15) is 11.8 Å². The zero-order chi connectivity index (χ0) is 14.5. The van der Waals surface area contributed by atoms with Crippen LogP contribution in [0, 0.1) is 5.41 Å². The predicted molar refractivity (Wildman–Crippen MR) is 72.4 cm³/mol. The number of hydrogen-bond acceptors (Lipinski definition) is 5. The number of fused-ring (bicyclic) bond motifs is 1. The lowest BCUT2D eigenvalue weighted by Crippen LogP contribution is -2.66. The van der Waals surface area contributed by atoms with E-state index in [0.29, 0.717) is 0 Å². The van der Waals surface area contributed by atoms with Crippen LogP contribution in [0.3, 0.4) is 0 Å². The summed E-state index contributed by atoms with van der Waals surface area (Å²) in [6, 6.07) is 3.61. The number of hydrazone groups is 1. The number of carbonyl (C=O) groups is 2. The van der Waals surface area contributed by atoms with Crippen LogP contribution in [-0.2, 0) is 9.59 Å². The van der Waals surface area contributed by atoms with Gasteiger partial charge in [-0.3, -0.25) is 19.5 Å². The number of hydrogen-bond donors (Lipinski definition) is 0. The molecule has 1 unspecified atom stereocenters. The highest BCUT2D eigenvalue weighted by Gasteiger charge is 2.54. The molecule has 0 spiro atoms. The van der Waals surface area contributed by atoms with Crippen LogP contribution in [0.25, 0.3) is 0 Å². The van der Waals surface area contributed by atoms with Crippen LogP contribution >= 0.6 is 0 Å². The second-order valence-electron chi connectivity index (χ2n) is 5.38. The first-order valence-corrected chi connectivity index (χ1v) is 6.28. The maximum atomic E-state index is 12.4. The van der Waals surface area contributed by atoms with Crippen molar-refractivity contribution < 1.29 is 9.59 Å². The number of aromatic nitrogens is 1. The van der Waals surface area contributed by atoms with Gasteiger partial charge in [-0.05, 0) is 26.0 Å². The minimum atomic E-state index is -1.09. The number of rotatable bonds is 1. The Labute approximate surface area is 116 Å². The Morgan fingerprint density at radius 1 is 1.15 bits per heavy atom. The van der Waals surface area contributed by atoms with Crippen LogP contribution in [0.15, 0.2) is 29.6 Å². The van der Waals surface area contributed by atoms with Gasteiger partial charge < -0.3 is 4.90 Å². The number of carbonyl (C=O) groups excluding carboxylic acids is 2. The average molecular weight is 273 g/mol. The summed E-state index contributed by atoms with van der Waals surface area (Å²) in [5.41, 5.74) is -0.264. The Morgan fingerprint density at radius 3 is 2.45 bits per heavy atom. The summed E-state index contributed by atoms with van der Waals surface area (Å²) in [6.45, 7) is 3.24. The normalized spacial score (nSPS) is 24.4. The van der Waals surface area contributed by atoms with Crippen LogP contribution in [-0.4, -0.2) is 46.4 Å². The van der Waals surface area contributed by atoms with Gasteiger partial charge in [-0.1, -0.05) is 0 Å². The topological polar surface area (TPSA) is 69.1 Å². The van der Waals surface area contributed by atoms with Crippen LogP contribution in [0.1, 0.15) is 13.8 Å². The summed E-state index contributed by atoms with van der Waals surface area (Å²) in [7, 11) is 1.68. The molecule has 1 fully saturated rings. The van der Waals surface area contributed by atoms with Crippen LogP contribution < -0.4 is 4.90 Å². The van der Waals surface area contributed by atoms with Crippen molar-refractivity contribution >= 4 is 23.8 Å². The van der Waals surface area contributed by atoms with E-state index in [-0.39, 0.29) is 11.8 Å². The fourth-order valence-corrected chi connectivity index (χ4v) is 2.50. The minimum Gasteiger partial charge on any atom is -0.305 e. The fourth-order valence-electron chi connectivity index (χ4n) is 2.50. The van der Waals surface area contributed by atoms with Crippen molar-refractivity contribution in [2.24, 2.45) is 10.5 Å². The van der Waals surface area contributed by atoms with Gasteiger partial charge in [0.05, 0.1) is 0 Å². The first-order valence-electron chi connectivity index (χ1n) is 6.28. The molecular weight excluding hydrogens is 258 g/mol. The predicted octanol–water partition coefficient (Wildman–Crippen LogP) is 0.455. The van der Waals surface area contributed by atoms with Crippen molar-refractivity contribution in [3.63, 3.8) is 0 Å². The largest absolute Gasteiger partial charge is 0.305 e. The Bertz CT molecular complexity index is 598. The molecule has 0 aliphatic carbocycles. The molecule has 2 aliphatic rings. The quantitative estimate of drug-likeness (QED) is 0.697. The Morgan fingerprint density at radius 2 is 1.80 bits per heavy atom. The van der Waals surface area contributed by atoms with Crippen LogP contribution in [0.4, 0.5) is 5.69 Å². The number of anilines is 1. The molecular formula is C13H15N5O2. The number of pyridine rings is 1. The van der Waals surface area contributed by atoms with Crippen molar-refractivity contribution in [3.8, 4) is 0 Å². The van der Waals surface area contributed by atoms with Crippen LogP contribution in [0.2, 0.25) is 0 Å². The molecule has 3 heterocycles. The molecule has 0 aromatic carbocycles. The van der Waals surface area contributed by atoms with Gasteiger partial charge in [0, 0.05) is 25.1 Å². The van der Waals surface area contributed by atoms with Crippen LogP contribution in [0.5, 0.6) is 0 Å². The van der Waals surface area contributed by atoms with Gasteiger partial charge in [-0.15, -0.1) is 0 Å². The molecule has 20 heavy (non-hydrogen) atoms. The van der Waals surface area contributed by atoms with E-state index in [2.05, 4.69) is 10.1 Å². The third-order valence-electron chi connectivity index (χ3n) is 3.67. The zero-order valence-electron chi connectivity index (χ0n) is 11.5. The van der Waals surface area contributed by atoms with E-state index >= 15 is 0 Å². The molecule has 2 aliphatic heterocycles. The highest BCUT2D eigenvalue weighted by molar-refractivity contribution is 6.07. The summed E-state index contributed by atoms with van der Waals surface area (Å²) in [5, 5.41) is 5.50. The number of amides is 2. The SMILES string of the molecule is CN1C(=O)C(C)(C)C(=O)N2N=CN(c3ccncc3)C12.